The zero-order chi connectivity index (χ0) is 15.3. The summed E-state index contributed by atoms with van der Waals surface area (Å²) in [6, 6.07) is 12.2. The molecule has 1 fully saturated rings. The summed E-state index contributed by atoms with van der Waals surface area (Å²) in [6.07, 6.45) is 0.899. The highest BCUT2D eigenvalue weighted by Crippen LogP contribution is 2.54. The fourth-order valence-electron chi connectivity index (χ4n) is 3.87. The van der Waals surface area contributed by atoms with Crippen molar-refractivity contribution in [2.75, 3.05) is 0 Å². The van der Waals surface area contributed by atoms with Gasteiger partial charge >= 0.3 is 0 Å². The molecule has 4 nitrogen and oxygen atoms in total. The predicted octanol–water partition coefficient (Wildman–Crippen LogP) is 3.09. The lowest BCUT2D eigenvalue weighted by molar-refractivity contribution is 0.0960. The van der Waals surface area contributed by atoms with Crippen LogP contribution in [0.1, 0.15) is 36.0 Å². The summed E-state index contributed by atoms with van der Waals surface area (Å²) in [5, 5.41) is 29.3. The van der Waals surface area contributed by atoms with Crippen LogP contribution in [0.2, 0.25) is 0 Å². The molecule has 2 aliphatic rings. The molecule has 0 bridgehead atoms. The maximum absolute atomic E-state index is 10.1. The number of aliphatic hydroxyl groups is 1. The van der Waals surface area contributed by atoms with E-state index in [0.717, 1.165) is 16.9 Å². The van der Waals surface area contributed by atoms with Gasteiger partial charge in [-0.2, -0.15) is 0 Å². The van der Waals surface area contributed by atoms with Crippen molar-refractivity contribution >= 4 is 0 Å². The number of phenols is 2. The zero-order valence-electron chi connectivity index (χ0n) is 12.0. The van der Waals surface area contributed by atoms with E-state index < -0.39 is 0 Å². The van der Waals surface area contributed by atoms with Crippen LogP contribution < -0.4 is 4.74 Å². The first-order valence-corrected chi connectivity index (χ1v) is 7.58. The number of fused-ring (bicyclic) bond motifs is 3. The maximum Gasteiger partial charge on any atom is 0.127 e. The lowest BCUT2D eigenvalue weighted by atomic mass is 9.80. The Morgan fingerprint density at radius 3 is 2.41 bits per heavy atom. The molecule has 4 atom stereocenters. The van der Waals surface area contributed by atoms with Crippen LogP contribution in [0.15, 0.2) is 42.5 Å². The summed E-state index contributed by atoms with van der Waals surface area (Å²) in [5.74, 6) is 1.59. The van der Waals surface area contributed by atoms with Gasteiger partial charge in [-0.1, -0.05) is 12.1 Å². The van der Waals surface area contributed by atoms with Gasteiger partial charge in [0.1, 0.15) is 23.4 Å². The summed E-state index contributed by atoms with van der Waals surface area (Å²) in [5.41, 5.74) is 1.98. The van der Waals surface area contributed by atoms with Crippen molar-refractivity contribution in [1.82, 2.24) is 0 Å². The van der Waals surface area contributed by atoms with Crippen LogP contribution in [0, 0.1) is 5.92 Å². The fourth-order valence-corrected chi connectivity index (χ4v) is 3.87. The highest BCUT2D eigenvalue weighted by Gasteiger charge is 2.45. The molecule has 1 saturated carbocycles. The summed E-state index contributed by atoms with van der Waals surface area (Å²) >= 11 is 0. The van der Waals surface area contributed by atoms with Crippen LogP contribution in [0.3, 0.4) is 0 Å². The number of hydrogen-bond acceptors (Lipinski definition) is 4. The SMILES string of the molecule is Oc1ccc([C@@H]2Oc3ccc(O)cc3[C@@H]3C[C@H](O)C[C@@H]32)cc1. The molecule has 4 heteroatoms. The molecular formula is C18H18O4. The van der Waals surface area contributed by atoms with E-state index in [4.69, 9.17) is 4.74 Å². The van der Waals surface area contributed by atoms with Crippen LogP contribution in [0.5, 0.6) is 17.2 Å². The highest BCUT2D eigenvalue weighted by atomic mass is 16.5. The van der Waals surface area contributed by atoms with E-state index in [-0.39, 0.29) is 35.5 Å². The van der Waals surface area contributed by atoms with Gasteiger partial charge in [0.15, 0.2) is 0 Å². The Kier molecular flexibility index (Phi) is 3.01. The van der Waals surface area contributed by atoms with Gasteiger partial charge < -0.3 is 20.1 Å². The summed E-state index contributed by atoms with van der Waals surface area (Å²) < 4.78 is 6.17. The van der Waals surface area contributed by atoms with E-state index in [1.54, 1.807) is 30.3 Å². The predicted molar refractivity (Wildman–Crippen MR) is 81.1 cm³/mol. The molecule has 2 aromatic carbocycles. The van der Waals surface area contributed by atoms with Crippen LogP contribution >= 0.6 is 0 Å². The molecule has 22 heavy (non-hydrogen) atoms. The molecule has 0 saturated heterocycles. The standard InChI is InChI=1S/C18H18O4/c19-11-3-1-10(2-4-11)18-16-9-13(21)8-14(16)15-7-12(20)5-6-17(15)22-18/h1-7,13-14,16,18-21H,8-9H2/t13-,14-,16-,18-/m0/s1. The Labute approximate surface area is 128 Å². The summed E-state index contributed by atoms with van der Waals surface area (Å²) in [7, 11) is 0. The fraction of sp³-hybridized carbons (Fsp3) is 0.333. The van der Waals surface area contributed by atoms with Gasteiger partial charge in [-0.15, -0.1) is 0 Å². The Morgan fingerprint density at radius 1 is 0.909 bits per heavy atom. The highest BCUT2D eigenvalue weighted by molar-refractivity contribution is 5.46. The number of rotatable bonds is 1. The third-order valence-electron chi connectivity index (χ3n) is 4.84. The first-order valence-electron chi connectivity index (χ1n) is 7.58. The van der Waals surface area contributed by atoms with E-state index in [9.17, 15) is 15.3 Å². The molecule has 114 valence electrons. The maximum atomic E-state index is 10.1. The molecule has 2 aromatic rings. The van der Waals surface area contributed by atoms with E-state index >= 15 is 0 Å². The second kappa shape index (κ2) is 4.92. The van der Waals surface area contributed by atoms with Crippen molar-refractivity contribution in [2.45, 2.75) is 31.0 Å². The van der Waals surface area contributed by atoms with E-state index in [1.165, 1.54) is 0 Å². The largest absolute Gasteiger partial charge is 0.508 e. The minimum absolute atomic E-state index is 0.139. The average Bonchev–Trinajstić information content (AvgIpc) is 2.89. The number of phenolic OH excluding ortho intramolecular Hbond substituents is 2. The van der Waals surface area contributed by atoms with Gasteiger partial charge in [0.2, 0.25) is 0 Å². The Bertz CT molecular complexity index is 695. The molecule has 1 aliphatic heterocycles. The van der Waals surface area contributed by atoms with Crippen LogP contribution in [-0.4, -0.2) is 21.4 Å². The molecule has 0 spiro atoms. The third-order valence-corrected chi connectivity index (χ3v) is 4.84. The van der Waals surface area contributed by atoms with Gasteiger partial charge in [0.25, 0.3) is 0 Å². The van der Waals surface area contributed by atoms with Crippen LogP contribution in [0.25, 0.3) is 0 Å². The first-order chi connectivity index (χ1) is 10.6. The lowest BCUT2D eigenvalue weighted by Crippen LogP contribution is -2.26. The molecule has 0 radical (unpaired) electrons. The molecule has 1 heterocycles. The monoisotopic (exact) mass is 298 g/mol. The second-order valence-electron chi connectivity index (χ2n) is 6.25. The molecular weight excluding hydrogens is 280 g/mol. The normalized spacial score (nSPS) is 29.5. The molecule has 4 rings (SSSR count). The third kappa shape index (κ3) is 2.11. The Hall–Kier alpha value is -2.20. The van der Waals surface area contributed by atoms with Crippen molar-refractivity contribution in [1.29, 1.82) is 0 Å². The number of aliphatic hydroxyl groups excluding tert-OH is 1. The van der Waals surface area contributed by atoms with Gasteiger partial charge in [0.05, 0.1) is 6.10 Å². The summed E-state index contributed by atoms with van der Waals surface area (Å²) in [6.45, 7) is 0. The molecule has 0 amide bonds. The van der Waals surface area contributed by atoms with Crippen molar-refractivity contribution in [3.63, 3.8) is 0 Å². The lowest BCUT2D eigenvalue weighted by Gasteiger charge is -2.36. The topological polar surface area (TPSA) is 69.9 Å². The summed E-state index contributed by atoms with van der Waals surface area (Å²) in [4.78, 5) is 0. The number of benzene rings is 2. The van der Waals surface area contributed by atoms with Gasteiger partial charge in [-0.05, 0) is 54.7 Å². The average molecular weight is 298 g/mol. The van der Waals surface area contributed by atoms with E-state index in [2.05, 4.69) is 0 Å². The Morgan fingerprint density at radius 2 is 1.64 bits per heavy atom. The second-order valence-corrected chi connectivity index (χ2v) is 6.25. The Balaban J connectivity index is 1.78. The molecule has 0 aromatic heterocycles. The van der Waals surface area contributed by atoms with Crippen LogP contribution in [0.4, 0.5) is 0 Å². The van der Waals surface area contributed by atoms with Gasteiger partial charge in [0, 0.05) is 11.5 Å². The number of hydrogen-bond donors (Lipinski definition) is 3. The smallest absolute Gasteiger partial charge is 0.127 e. The number of ether oxygens (including phenoxy) is 1. The van der Waals surface area contributed by atoms with Crippen molar-refractivity contribution in [2.24, 2.45) is 5.92 Å². The van der Waals surface area contributed by atoms with Crippen molar-refractivity contribution in [3.05, 3.63) is 53.6 Å². The molecule has 0 unspecified atom stereocenters. The van der Waals surface area contributed by atoms with Gasteiger partial charge in [-0.3, -0.25) is 0 Å². The van der Waals surface area contributed by atoms with Crippen LogP contribution in [-0.2, 0) is 0 Å². The minimum Gasteiger partial charge on any atom is -0.508 e. The molecule has 1 aliphatic carbocycles. The quantitative estimate of drug-likeness (QED) is 0.756. The van der Waals surface area contributed by atoms with E-state index in [1.807, 2.05) is 12.1 Å². The zero-order valence-corrected chi connectivity index (χ0v) is 12.0. The van der Waals surface area contributed by atoms with E-state index in [0.29, 0.717) is 12.8 Å². The first kappa shape index (κ1) is 13.5. The van der Waals surface area contributed by atoms with Crippen molar-refractivity contribution in [3.8, 4) is 17.2 Å². The number of aromatic hydroxyl groups is 2. The molecule has 3 N–H and O–H groups in total. The van der Waals surface area contributed by atoms with Gasteiger partial charge in [-0.25, -0.2) is 0 Å². The minimum atomic E-state index is -0.341. The van der Waals surface area contributed by atoms with Crippen molar-refractivity contribution < 1.29 is 20.1 Å².